The standard InChI is InChI=1S/C12H18ClN3O/c1-17-11-4-5-16(10(6-11)7-14)12-3-2-9(13)8-15-12/h2-3,8,10-11H,4-7,14H2,1H3. The van der Waals surface area contributed by atoms with Crippen molar-refractivity contribution in [3.8, 4) is 0 Å². The maximum atomic E-state index is 5.84. The maximum absolute atomic E-state index is 5.84. The molecular weight excluding hydrogens is 238 g/mol. The molecule has 5 heteroatoms. The van der Waals surface area contributed by atoms with E-state index in [0.717, 1.165) is 25.2 Å². The number of rotatable bonds is 3. The molecule has 1 fully saturated rings. The van der Waals surface area contributed by atoms with Crippen molar-refractivity contribution in [3.05, 3.63) is 23.4 Å². The number of nitrogens with two attached hydrogens (primary N) is 1. The molecule has 2 atom stereocenters. The summed E-state index contributed by atoms with van der Waals surface area (Å²) in [6, 6.07) is 4.10. The lowest BCUT2D eigenvalue weighted by atomic mass is 9.99. The summed E-state index contributed by atoms with van der Waals surface area (Å²) in [4.78, 5) is 6.59. The molecule has 2 N–H and O–H groups in total. The van der Waals surface area contributed by atoms with Gasteiger partial charge in [-0.05, 0) is 25.0 Å². The Bertz CT molecular complexity index is 357. The number of pyridine rings is 1. The van der Waals surface area contributed by atoms with Crippen molar-refractivity contribution in [1.82, 2.24) is 4.98 Å². The molecule has 0 saturated carbocycles. The van der Waals surface area contributed by atoms with E-state index in [9.17, 15) is 0 Å². The first-order chi connectivity index (χ1) is 8.24. The third kappa shape index (κ3) is 2.89. The van der Waals surface area contributed by atoms with Gasteiger partial charge in [0, 0.05) is 32.4 Å². The van der Waals surface area contributed by atoms with Gasteiger partial charge in [-0.25, -0.2) is 4.98 Å². The number of ether oxygens (including phenoxy) is 1. The molecule has 0 amide bonds. The molecule has 2 rings (SSSR count). The predicted molar refractivity (Wildman–Crippen MR) is 69.5 cm³/mol. The van der Waals surface area contributed by atoms with Crippen molar-refractivity contribution in [2.75, 3.05) is 25.1 Å². The molecule has 0 aliphatic carbocycles. The number of nitrogens with zero attached hydrogens (tertiary/aromatic N) is 2. The summed E-state index contributed by atoms with van der Waals surface area (Å²) in [5, 5.41) is 0.657. The van der Waals surface area contributed by atoms with Crippen LogP contribution in [0.15, 0.2) is 18.3 Å². The molecule has 1 aliphatic heterocycles. The average Bonchev–Trinajstić information content (AvgIpc) is 2.39. The van der Waals surface area contributed by atoms with Gasteiger partial charge in [-0.15, -0.1) is 0 Å². The Balaban J connectivity index is 2.12. The zero-order valence-electron chi connectivity index (χ0n) is 9.97. The SMILES string of the molecule is COC1CCN(c2ccc(Cl)cn2)C(CN)C1. The third-order valence-corrected chi connectivity index (χ3v) is 3.50. The van der Waals surface area contributed by atoms with E-state index in [2.05, 4.69) is 9.88 Å². The summed E-state index contributed by atoms with van der Waals surface area (Å²) in [7, 11) is 1.76. The van der Waals surface area contributed by atoms with Crippen LogP contribution in [0.5, 0.6) is 0 Å². The van der Waals surface area contributed by atoms with E-state index in [1.165, 1.54) is 0 Å². The zero-order chi connectivity index (χ0) is 12.3. The molecule has 94 valence electrons. The fourth-order valence-electron chi connectivity index (χ4n) is 2.29. The molecule has 2 heterocycles. The first-order valence-corrected chi connectivity index (χ1v) is 6.23. The van der Waals surface area contributed by atoms with E-state index in [-0.39, 0.29) is 0 Å². The Morgan fingerprint density at radius 1 is 1.59 bits per heavy atom. The summed E-state index contributed by atoms with van der Waals surface area (Å²) in [6.45, 7) is 1.54. The number of aromatic nitrogens is 1. The van der Waals surface area contributed by atoms with Gasteiger partial charge < -0.3 is 15.4 Å². The molecule has 1 aliphatic rings. The van der Waals surface area contributed by atoms with Crippen LogP contribution < -0.4 is 10.6 Å². The quantitative estimate of drug-likeness (QED) is 0.893. The first kappa shape index (κ1) is 12.6. The fourth-order valence-corrected chi connectivity index (χ4v) is 2.40. The average molecular weight is 256 g/mol. The van der Waals surface area contributed by atoms with Crippen LogP contribution in [0.25, 0.3) is 0 Å². The molecule has 2 unspecified atom stereocenters. The number of halogens is 1. The van der Waals surface area contributed by atoms with Crippen molar-refractivity contribution >= 4 is 17.4 Å². The molecular formula is C12H18ClN3O. The van der Waals surface area contributed by atoms with Crippen molar-refractivity contribution < 1.29 is 4.74 Å². The van der Waals surface area contributed by atoms with Crippen molar-refractivity contribution in [2.24, 2.45) is 5.73 Å². The lowest BCUT2D eigenvalue weighted by molar-refractivity contribution is 0.0708. The smallest absolute Gasteiger partial charge is 0.128 e. The summed E-state index contributed by atoms with van der Waals surface area (Å²) >= 11 is 5.84. The molecule has 1 aromatic rings. The molecule has 4 nitrogen and oxygen atoms in total. The minimum Gasteiger partial charge on any atom is -0.381 e. The maximum Gasteiger partial charge on any atom is 0.128 e. The van der Waals surface area contributed by atoms with E-state index < -0.39 is 0 Å². The molecule has 0 aromatic carbocycles. The number of anilines is 1. The Labute approximate surface area is 107 Å². The second-order valence-corrected chi connectivity index (χ2v) is 4.74. The van der Waals surface area contributed by atoms with Gasteiger partial charge in [0.15, 0.2) is 0 Å². The Kier molecular flexibility index (Phi) is 4.20. The molecule has 17 heavy (non-hydrogen) atoms. The minimum atomic E-state index is 0.294. The lowest BCUT2D eigenvalue weighted by Gasteiger charge is -2.39. The van der Waals surface area contributed by atoms with Crippen LogP contribution in [0.3, 0.4) is 0 Å². The van der Waals surface area contributed by atoms with Crippen LogP contribution >= 0.6 is 11.6 Å². The first-order valence-electron chi connectivity index (χ1n) is 5.85. The second-order valence-electron chi connectivity index (χ2n) is 4.30. The summed E-state index contributed by atoms with van der Waals surface area (Å²) in [5.41, 5.74) is 5.83. The van der Waals surface area contributed by atoms with Crippen LogP contribution in [0.4, 0.5) is 5.82 Å². The van der Waals surface area contributed by atoms with Gasteiger partial charge in [0.25, 0.3) is 0 Å². The molecule has 0 bridgehead atoms. The van der Waals surface area contributed by atoms with E-state index in [1.54, 1.807) is 13.3 Å². The third-order valence-electron chi connectivity index (χ3n) is 3.28. The van der Waals surface area contributed by atoms with Crippen molar-refractivity contribution in [2.45, 2.75) is 25.0 Å². The summed E-state index contributed by atoms with van der Waals surface area (Å²) < 4.78 is 5.40. The summed E-state index contributed by atoms with van der Waals surface area (Å²) in [5.74, 6) is 0.944. The normalized spacial score (nSPS) is 25.0. The molecule has 1 saturated heterocycles. The number of methoxy groups -OCH3 is 1. The predicted octanol–water partition coefficient (Wildman–Crippen LogP) is 1.68. The monoisotopic (exact) mass is 255 g/mol. The number of hydrogen-bond acceptors (Lipinski definition) is 4. The highest BCUT2D eigenvalue weighted by Crippen LogP contribution is 2.24. The highest BCUT2D eigenvalue weighted by atomic mass is 35.5. The van der Waals surface area contributed by atoms with Crippen molar-refractivity contribution in [3.63, 3.8) is 0 Å². The van der Waals surface area contributed by atoms with E-state index in [1.807, 2.05) is 12.1 Å². The van der Waals surface area contributed by atoms with Gasteiger partial charge in [0.2, 0.25) is 0 Å². The minimum absolute atomic E-state index is 0.294. The van der Waals surface area contributed by atoms with E-state index in [4.69, 9.17) is 22.1 Å². The van der Waals surface area contributed by atoms with Crippen LogP contribution in [-0.4, -0.2) is 37.3 Å². The second kappa shape index (κ2) is 5.67. The van der Waals surface area contributed by atoms with Gasteiger partial charge in [0.05, 0.1) is 11.1 Å². The number of hydrogen-bond donors (Lipinski definition) is 1. The van der Waals surface area contributed by atoms with Gasteiger partial charge in [-0.2, -0.15) is 0 Å². The van der Waals surface area contributed by atoms with Crippen molar-refractivity contribution in [1.29, 1.82) is 0 Å². The highest BCUT2D eigenvalue weighted by molar-refractivity contribution is 6.30. The van der Waals surface area contributed by atoms with Crippen LogP contribution in [0.2, 0.25) is 5.02 Å². The Hall–Kier alpha value is -0.840. The van der Waals surface area contributed by atoms with Crippen LogP contribution in [0.1, 0.15) is 12.8 Å². The number of piperidine rings is 1. The summed E-state index contributed by atoms with van der Waals surface area (Å²) in [6.07, 6.45) is 3.95. The zero-order valence-corrected chi connectivity index (χ0v) is 10.7. The Morgan fingerprint density at radius 2 is 2.41 bits per heavy atom. The van der Waals surface area contributed by atoms with Gasteiger partial charge in [-0.1, -0.05) is 11.6 Å². The van der Waals surface area contributed by atoms with Gasteiger partial charge >= 0.3 is 0 Å². The molecule has 0 spiro atoms. The lowest BCUT2D eigenvalue weighted by Crippen LogP contribution is -2.49. The van der Waals surface area contributed by atoms with Crippen LogP contribution in [-0.2, 0) is 4.74 Å². The topological polar surface area (TPSA) is 51.4 Å². The molecule has 1 aromatic heterocycles. The van der Waals surface area contributed by atoms with E-state index in [0.29, 0.717) is 23.7 Å². The highest BCUT2D eigenvalue weighted by Gasteiger charge is 2.28. The molecule has 0 radical (unpaired) electrons. The fraction of sp³-hybridized carbons (Fsp3) is 0.583. The largest absolute Gasteiger partial charge is 0.381 e. The Morgan fingerprint density at radius 3 is 3.00 bits per heavy atom. The van der Waals surface area contributed by atoms with E-state index >= 15 is 0 Å². The van der Waals surface area contributed by atoms with Gasteiger partial charge in [-0.3, -0.25) is 0 Å². The van der Waals surface area contributed by atoms with Crippen LogP contribution in [0, 0.1) is 0 Å². The van der Waals surface area contributed by atoms with Gasteiger partial charge in [0.1, 0.15) is 5.82 Å².